The Morgan fingerprint density at radius 1 is 0.676 bits per heavy atom. The minimum absolute atomic E-state index is 0. The van der Waals surface area contributed by atoms with E-state index in [0.717, 1.165) is 34.2 Å². The van der Waals surface area contributed by atoms with Crippen LogP contribution in [0.2, 0.25) is 0 Å². The molecule has 0 aliphatic carbocycles. The number of aromatic nitrogens is 5. The fourth-order valence-electron chi connectivity index (χ4n) is 3.45. The first-order valence-corrected chi connectivity index (χ1v) is 11.1. The van der Waals surface area contributed by atoms with Crippen LogP contribution in [0.4, 0.5) is 11.4 Å². The van der Waals surface area contributed by atoms with E-state index in [1.165, 1.54) is 0 Å². The summed E-state index contributed by atoms with van der Waals surface area (Å²) in [5.41, 5.74) is 4.74. The quantitative estimate of drug-likeness (QED) is 0.266. The maximum absolute atomic E-state index is 9.81. The zero-order valence-corrected chi connectivity index (χ0v) is 21.9. The topological polar surface area (TPSA) is 91.2 Å². The summed E-state index contributed by atoms with van der Waals surface area (Å²) in [6, 6.07) is 23.9. The standard InChI is InChI=1S/C15H12N2O.C13H9N5.Ir/c18-15-9-5-4-8-14(15)17-11-10-16(12-17)13-6-2-1-3-7-13;1-2-10(12-8-14-4-6-16-12)18-11(3-1)13-9-15-5-7-17-13;/h1-6,8-12,18H;1-9H;/q-2;;. The largest absolute Gasteiger partial charge is 0.506 e. The molecule has 0 saturated carbocycles. The number of benzene rings is 2. The van der Waals surface area contributed by atoms with Crippen molar-refractivity contribution < 1.29 is 25.2 Å². The molecule has 3 aromatic heterocycles. The summed E-state index contributed by atoms with van der Waals surface area (Å²) in [4.78, 5) is 24.8. The molecule has 0 amide bonds. The number of para-hydroxylation sites is 3. The number of hydrogen-bond acceptors (Lipinski definition) is 8. The summed E-state index contributed by atoms with van der Waals surface area (Å²) in [5.74, 6) is 0.261. The van der Waals surface area contributed by atoms with Gasteiger partial charge in [-0.2, -0.15) is 30.3 Å². The van der Waals surface area contributed by atoms with Gasteiger partial charge >= 0.3 is 0 Å². The molecule has 6 rings (SSSR count). The normalized spacial score (nSPS) is 11.9. The van der Waals surface area contributed by atoms with Crippen LogP contribution >= 0.6 is 0 Å². The van der Waals surface area contributed by atoms with Crippen LogP contribution in [0.25, 0.3) is 22.8 Å². The zero-order valence-electron chi connectivity index (χ0n) is 19.5. The molecule has 2 aromatic carbocycles. The molecule has 1 N–H and O–H groups in total. The summed E-state index contributed by atoms with van der Waals surface area (Å²) in [6.07, 6.45) is 13.8. The molecule has 4 heterocycles. The third kappa shape index (κ3) is 6.41. The van der Waals surface area contributed by atoms with Crippen LogP contribution in [0.3, 0.4) is 0 Å². The van der Waals surface area contributed by atoms with Crippen LogP contribution in [0.5, 0.6) is 5.75 Å². The van der Waals surface area contributed by atoms with Gasteiger partial charge in [-0.25, -0.2) is 4.98 Å². The van der Waals surface area contributed by atoms with Gasteiger partial charge in [0.15, 0.2) is 0 Å². The summed E-state index contributed by atoms with van der Waals surface area (Å²) in [6.45, 7) is 1.90. The molecule has 0 fully saturated rings. The summed E-state index contributed by atoms with van der Waals surface area (Å²) in [5, 5.41) is 9.81. The van der Waals surface area contributed by atoms with Crippen LogP contribution in [0, 0.1) is 12.7 Å². The molecule has 1 aliphatic heterocycles. The molecule has 5 aromatic rings. The Labute approximate surface area is 228 Å². The predicted octanol–water partition coefficient (Wildman–Crippen LogP) is 5.10. The Kier molecular flexibility index (Phi) is 8.65. The molecule has 9 heteroatoms. The third-order valence-corrected chi connectivity index (χ3v) is 5.17. The fourth-order valence-corrected chi connectivity index (χ4v) is 3.45. The number of phenolic OH excluding ortho intramolecular Hbond substituents is 1. The van der Waals surface area contributed by atoms with Crippen molar-refractivity contribution in [3.8, 4) is 28.5 Å². The van der Waals surface area contributed by atoms with E-state index >= 15 is 0 Å². The van der Waals surface area contributed by atoms with Gasteiger partial charge in [-0.3, -0.25) is 19.9 Å². The first kappa shape index (κ1) is 25.6. The molecule has 185 valence electrons. The minimum Gasteiger partial charge on any atom is -0.506 e. The number of phenols is 1. The van der Waals surface area contributed by atoms with Crippen molar-refractivity contribution in [3.63, 3.8) is 0 Å². The van der Waals surface area contributed by atoms with E-state index < -0.39 is 0 Å². The van der Waals surface area contributed by atoms with E-state index in [4.69, 9.17) is 0 Å². The maximum Gasteiger partial charge on any atom is 0.136 e. The second kappa shape index (κ2) is 12.5. The van der Waals surface area contributed by atoms with E-state index in [2.05, 4.69) is 31.0 Å². The van der Waals surface area contributed by atoms with E-state index in [1.807, 2.05) is 83.5 Å². The molecule has 0 atom stereocenters. The van der Waals surface area contributed by atoms with Crippen molar-refractivity contribution in [2.24, 2.45) is 0 Å². The molecule has 0 bridgehead atoms. The molecule has 0 spiro atoms. The second-order valence-electron chi connectivity index (χ2n) is 7.55. The van der Waals surface area contributed by atoms with Crippen LogP contribution in [-0.2, 0) is 20.1 Å². The van der Waals surface area contributed by atoms with E-state index in [9.17, 15) is 5.11 Å². The Hall–Kier alpha value is -4.46. The monoisotopic (exact) mass is 664 g/mol. The number of nitrogens with zero attached hydrogens (tertiary/aromatic N) is 7. The van der Waals surface area contributed by atoms with Crippen molar-refractivity contribution in [1.82, 2.24) is 24.9 Å². The van der Waals surface area contributed by atoms with Crippen molar-refractivity contribution in [2.45, 2.75) is 0 Å². The van der Waals surface area contributed by atoms with Crippen molar-refractivity contribution >= 4 is 11.4 Å². The van der Waals surface area contributed by atoms with Gasteiger partial charge in [-0.15, -0.1) is 12.4 Å². The zero-order chi connectivity index (χ0) is 24.6. The summed E-state index contributed by atoms with van der Waals surface area (Å²) < 4.78 is 0. The Balaban J connectivity index is 0.000000168. The molecular weight excluding hydrogens is 643 g/mol. The number of aromatic hydroxyl groups is 1. The molecule has 1 radical (unpaired) electrons. The van der Waals surface area contributed by atoms with Crippen molar-refractivity contribution in [3.05, 3.63) is 129 Å². The molecule has 0 unspecified atom stereocenters. The SMILES string of the molecule is Oc1ccccc1N1C=CN(c2[c-]cccc2)[CH-]1.[Ir].c1cc(-c2cnccn2)nc(-c2cnccn2)c1. The molecule has 37 heavy (non-hydrogen) atoms. The van der Waals surface area contributed by atoms with Crippen LogP contribution in [0.1, 0.15) is 0 Å². The van der Waals surface area contributed by atoms with Gasteiger partial charge in [0.2, 0.25) is 0 Å². The smallest absolute Gasteiger partial charge is 0.136 e. The van der Waals surface area contributed by atoms with Gasteiger partial charge in [0.05, 0.1) is 29.5 Å². The summed E-state index contributed by atoms with van der Waals surface area (Å²) in [7, 11) is 0. The molecular formula is C28H21IrN7O-2. The number of hydrogen-bond donors (Lipinski definition) is 1. The van der Waals surface area contributed by atoms with E-state index in [-0.39, 0.29) is 25.9 Å². The predicted molar refractivity (Wildman–Crippen MR) is 138 cm³/mol. The van der Waals surface area contributed by atoms with Gasteiger partial charge in [0.25, 0.3) is 0 Å². The first-order chi connectivity index (χ1) is 17.8. The minimum atomic E-state index is 0. The average Bonchev–Trinajstić information content (AvgIpc) is 3.45. The number of rotatable bonds is 4. The van der Waals surface area contributed by atoms with Gasteiger partial charge < -0.3 is 14.9 Å². The van der Waals surface area contributed by atoms with Crippen molar-refractivity contribution in [1.29, 1.82) is 0 Å². The maximum atomic E-state index is 9.81. The van der Waals surface area contributed by atoms with E-state index in [1.54, 1.807) is 49.3 Å². The Morgan fingerprint density at radius 3 is 1.92 bits per heavy atom. The average molecular weight is 664 g/mol. The van der Waals surface area contributed by atoms with Crippen LogP contribution in [-0.4, -0.2) is 30.0 Å². The fraction of sp³-hybridized carbons (Fsp3) is 0. The Morgan fingerprint density at radius 2 is 1.32 bits per heavy atom. The summed E-state index contributed by atoms with van der Waals surface area (Å²) >= 11 is 0. The third-order valence-electron chi connectivity index (χ3n) is 5.17. The first-order valence-electron chi connectivity index (χ1n) is 11.1. The number of anilines is 2. The number of pyridine rings is 1. The second-order valence-corrected chi connectivity index (χ2v) is 7.55. The van der Waals surface area contributed by atoms with Gasteiger partial charge in [-0.05, 0) is 36.7 Å². The molecule has 0 saturated heterocycles. The van der Waals surface area contributed by atoms with Crippen molar-refractivity contribution in [2.75, 3.05) is 9.80 Å². The molecule has 8 nitrogen and oxygen atoms in total. The molecule has 1 aliphatic rings. The van der Waals surface area contributed by atoms with E-state index in [0.29, 0.717) is 0 Å². The van der Waals surface area contributed by atoms with Crippen LogP contribution < -0.4 is 9.80 Å². The van der Waals surface area contributed by atoms with Gasteiger partial charge in [0, 0.05) is 44.9 Å². The van der Waals surface area contributed by atoms with Gasteiger partial charge in [-0.1, -0.05) is 18.2 Å². The van der Waals surface area contributed by atoms with Gasteiger partial charge in [0.1, 0.15) is 17.1 Å². The van der Waals surface area contributed by atoms with Crippen LogP contribution in [0.15, 0.2) is 116 Å². The Bertz CT molecular complexity index is 1380.